The summed E-state index contributed by atoms with van der Waals surface area (Å²) in [5, 5.41) is 4.82. The van der Waals surface area contributed by atoms with Gasteiger partial charge in [-0.1, -0.05) is 23.2 Å². The molecule has 0 fully saturated rings. The van der Waals surface area contributed by atoms with Gasteiger partial charge < -0.3 is 0 Å². The van der Waals surface area contributed by atoms with E-state index >= 15 is 0 Å². The van der Waals surface area contributed by atoms with Gasteiger partial charge in [-0.15, -0.1) is 0 Å². The first kappa shape index (κ1) is 12.1. The molecule has 0 N–H and O–H groups in total. The van der Waals surface area contributed by atoms with Crippen LogP contribution in [0.3, 0.4) is 0 Å². The largest absolute Gasteiger partial charge is 0.268 e. The van der Waals surface area contributed by atoms with Gasteiger partial charge in [0, 0.05) is 17.8 Å². The van der Waals surface area contributed by atoms with E-state index in [4.69, 9.17) is 23.2 Å². The number of hydrogen-bond acceptors (Lipinski definition) is 3. The molecule has 0 spiro atoms. The molecule has 17 heavy (non-hydrogen) atoms. The lowest BCUT2D eigenvalue weighted by molar-refractivity contribution is 0.635. The van der Waals surface area contributed by atoms with E-state index in [0.717, 1.165) is 5.56 Å². The highest BCUT2D eigenvalue weighted by Gasteiger charge is 2.05. The minimum atomic E-state index is -0.170. The molecule has 4 nitrogen and oxygen atoms in total. The summed E-state index contributed by atoms with van der Waals surface area (Å²) in [6.07, 6.45) is 3.16. The minimum absolute atomic E-state index is 0.170. The first-order chi connectivity index (χ1) is 8.06. The van der Waals surface area contributed by atoms with Gasteiger partial charge in [-0.3, -0.25) is 4.79 Å². The molecule has 0 radical (unpaired) electrons. The Kier molecular flexibility index (Phi) is 3.45. The topological polar surface area (TPSA) is 47.8 Å². The number of rotatable bonds is 2. The molecule has 0 aliphatic carbocycles. The Morgan fingerprint density at radius 3 is 2.71 bits per heavy atom. The van der Waals surface area contributed by atoms with Crippen LogP contribution in [0.25, 0.3) is 0 Å². The van der Waals surface area contributed by atoms with Crippen LogP contribution >= 0.6 is 23.2 Å². The Bertz CT molecular complexity index is 610. The van der Waals surface area contributed by atoms with Crippen molar-refractivity contribution in [1.82, 2.24) is 14.8 Å². The van der Waals surface area contributed by atoms with E-state index < -0.39 is 0 Å². The van der Waals surface area contributed by atoms with Gasteiger partial charge in [0.25, 0.3) is 5.56 Å². The van der Waals surface area contributed by atoms with Crippen molar-refractivity contribution in [2.45, 2.75) is 13.5 Å². The minimum Gasteiger partial charge on any atom is -0.268 e. The average molecular weight is 270 g/mol. The third-order valence-corrected chi connectivity index (χ3v) is 2.78. The predicted octanol–water partition coefficient (Wildman–Crippen LogP) is 2.30. The van der Waals surface area contributed by atoms with Crippen LogP contribution in [0.15, 0.2) is 29.3 Å². The van der Waals surface area contributed by atoms with Crippen molar-refractivity contribution in [2.24, 2.45) is 0 Å². The van der Waals surface area contributed by atoms with Crippen molar-refractivity contribution < 1.29 is 0 Å². The highest BCUT2D eigenvalue weighted by Crippen LogP contribution is 2.18. The number of halogens is 2. The first-order valence-electron chi connectivity index (χ1n) is 4.90. The quantitative estimate of drug-likeness (QED) is 0.787. The molecule has 2 aromatic rings. The molecule has 0 aliphatic heterocycles. The summed E-state index contributed by atoms with van der Waals surface area (Å²) in [5.41, 5.74) is 1.36. The summed E-state index contributed by atoms with van der Waals surface area (Å²) >= 11 is 11.7. The summed E-state index contributed by atoms with van der Waals surface area (Å²) < 4.78 is 1.32. The standard InChI is InChI=1S/C11H9Cl2N3O/c1-7-2-11(17)16(15-4-7)6-8-5-14-10(13)3-9(8)12/h2-5H,6H2,1H3. The molecule has 88 valence electrons. The molecular weight excluding hydrogens is 261 g/mol. The molecule has 0 saturated carbocycles. The van der Waals surface area contributed by atoms with Gasteiger partial charge in [-0.25, -0.2) is 9.67 Å². The molecule has 2 heterocycles. The lowest BCUT2D eigenvalue weighted by Crippen LogP contribution is -2.22. The maximum absolute atomic E-state index is 11.6. The molecule has 0 aliphatic rings. The molecule has 2 aromatic heterocycles. The van der Waals surface area contributed by atoms with Gasteiger partial charge in [0.2, 0.25) is 0 Å². The predicted molar refractivity (Wildman–Crippen MR) is 66.6 cm³/mol. The maximum atomic E-state index is 11.6. The SMILES string of the molecule is Cc1cnn(Cc2cnc(Cl)cc2Cl)c(=O)c1. The second-order valence-corrected chi connectivity index (χ2v) is 4.42. The van der Waals surface area contributed by atoms with Crippen LogP contribution in [-0.4, -0.2) is 14.8 Å². The van der Waals surface area contributed by atoms with E-state index in [1.165, 1.54) is 16.8 Å². The Balaban J connectivity index is 2.35. The second kappa shape index (κ2) is 4.85. The first-order valence-corrected chi connectivity index (χ1v) is 5.65. The Labute approximate surface area is 108 Å². The Morgan fingerprint density at radius 1 is 1.29 bits per heavy atom. The molecule has 6 heteroatoms. The lowest BCUT2D eigenvalue weighted by Gasteiger charge is -2.06. The molecule has 0 unspecified atom stereocenters. The van der Waals surface area contributed by atoms with Gasteiger partial charge in [-0.2, -0.15) is 5.10 Å². The van der Waals surface area contributed by atoms with E-state index in [9.17, 15) is 4.79 Å². The van der Waals surface area contributed by atoms with Crippen molar-refractivity contribution in [3.05, 3.63) is 56.2 Å². The van der Waals surface area contributed by atoms with Gasteiger partial charge in [0.15, 0.2) is 0 Å². The number of nitrogens with zero attached hydrogens (tertiary/aromatic N) is 3. The van der Waals surface area contributed by atoms with Crippen LogP contribution in [0, 0.1) is 6.92 Å². The molecule has 0 atom stereocenters. The van der Waals surface area contributed by atoms with Crippen LogP contribution in [0.2, 0.25) is 10.2 Å². The third kappa shape index (κ3) is 2.84. The third-order valence-electron chi connectivity index (χ3n) is 2.22. The zero-order chi connectivity index (χ0) is 12.4. The number of pyridine rings is 1. The molecule has 0 saturated heterocycles. The zero-order valence-corrected chi connectivity index (χ0v) is 10.5. The molecular formula is C11H9Cl2N3O. The van der Waals surface area contributed by atoms with Crippen LogP contribution in [0.1, 0.15) is 11.1 Å². The monoisotopic (exact) mass is 269 g/mol. The van der Waals surface area contributed by atoms with Crippen LogP contribution in [0.5, 0.6) is 0 Å². The van der Waals surface area contributed by atoms with Crippen molar-refractivity contribution in [2.75, 3.05) is 0 Å². The summed E-state index contributed by atoms with van der Waals surface area (Å²) in [6, 6.07) is 3.06. The Morgan fingerprint density at radius 2 is 2.06 bits per heavy atom. The Hall–Kier alpha value is -1.39. The van der Waals surface area contributed by atoms with Crippen LogP contribution in [-0.2, 0) is 6.54 Å². The van der Waals surface area contributed by atoms with Crippen molar-refractivity contribution in [3.8, 4) is 0 Å². The fourth-order valence-corrected chi connectivity index (χ4v) is 1.78. The van der Waals surface area contributed by atoms with Gasteiger partial charge in [0.1, 0.15) is 5.15 Å². The van der Waals surface area contributed by atoms with E-state index in [2.05, 4.69) is 10.1 Å². The summed E-state index contributed by atoms with van der Waals surface area (Å²) in [5.74, 6) is 0. The average Bonchev–Trinajstić information content (AvgIpc) is 2.25. The smallest absolute Gasteiger partial charge is 0.267 e. The van der Waals surface area contributed by atoms with Crippen molar-refractivity contribution in [1.29, 1.82) is 0 Å². The highest BCUT2D eigenvalue weighted by molar-refractivity contribution is 6.34. The van der Waals surface area contributed by atoms with E-state index in [0.29, 0.717) is 15.7 Å². The van der Waals surface area contributed by atoms with Gasteiger partial charge in [-0.05, 0) is 18.6 Å². The highest BCUT2D eigenvalue weighted by atomic mass is 35.5. The summed E-state index contributed by atoms with van der Waals surface area (Å²) in [4.78, 5) is 15.6. The zero-order valence-electron chi connectivity index (χ0n) is 9.02. The normalized spacial score (nSPS) is 10.5. The van der Waals surface area contributed by atoms with Gasteiger partial charge >= 0.3 is 0 Å². The number of aromatic nitrogens is 3. The molecule has 0 aromatic carbocycles. The van der Waals surface area contributed by atoms with E-state index in [1.807, 2.05) is 6.92 Å². The molecule has 0 bridgehead atoms. The van der Waals surface area contributed by atoms with Crippen molar-refractivity contribution in [3.63, 3.8) is 0 Å². The second-order valence-electron chi connectivity index (χ2n) is 3.63. The summed E-state index contributed by atoms with van der Waals surface area (Å²) in [6.45, 7) is 2.09. The van der Waals surface area contributed by atoms with Crippen LogP contribution in [0.4, 0.5) is 0 Å². The van der Waals surface area contributed by atoms with Crippen molar-refractivity contribution >= 4 is 23.2 Å². The maximum Gasteiger partial charge on any atom is 0.267 e. The fourth-order valence-electron chi connectivity index (χ4n) is 1.36. The fraction of sp³-hybridized carbons (Fsp3) is 0.182. The van der Waals surface area contributed by atoms with E-state index in [1.54, 1.807) is 12.4 Å². The molecule has 0 amide bonds. The molecule has 2 rings (SSSR count). The summed E-state index contributed by atoms with van der Waals surface area (Å²) in [7, 11) is 0. The van der Waals surface area contributed by atoms with Crippen LogP contribution < -0.4 is 5.56 Å². The van der Waals surface area contributed by atoms with Gasteiger partial charge in [0.05, 0.1) is 17.8 Å². The van der Waals surface area contributed by atoms with E-state index in [-0.39, 0.29) is 12.1 Å². The number of aryl methyl sites for hydroxylation is 1. The number of hydrogen-bond donors (Lipinski definition) is 0. The lowest BCUT2D eigenvalue weighted by atomic mass is 10.3.